The standard InChI is InChI=1S/C32H56N2O33S4/c1-2-3-4-5-6-7-8-58-29-13(33-68(46,47)48)15(35)22(11(61-29)9-59-70(52,53)54)64-32-21(41)19(39)24(26(67-32)28(44)45)65-30-14(34-69(49,50)51)16(36)23(12(62-30)10-60-71(55,56)57)63-31-20(40)17(37)18(38)25(66-31)27(42)43/h11-26,29-41H,2-10H2,1H3,(H,42,43)(H,44,45)(H,46,47,48)(H,49,50,51)(H,52,53,54)(H,55,56,57)/t11-,12-,13-,14-,15-,16-,17+,18+,19-,20-,21-,22-,23-,24+,25+,26+,29+,30-,31-,32-/m1/s1. The van der Waals surface area contributed by atoms with E-state index in [1.165, 1.54) is 4.72 Å². The fraction of sp³-hybridized carbons (Fsp3) is 0.938. The van der Waals surface area contributed by atoms with Crippen molar-refractivity contribution in [3.63, 3.8) is 0 Å². The first-order valence-corrected chi connectivity index (χ1v) is 26.5. The van der Waals surface area contributed by atoms with Crippen LogP contribution < -0.4 is 9.44 Å². The van der Waals surface area contributed by atoms with Crippen molar-refractivity contribution in [2.45, 2.75) is 168 Å². The Labute approximate surface area is 403 Å². The van der Waals surface area contributed by atoms with Crippen LogP contribution in [0.2, 0.25) is 0 Å². The summed E-state index contributed by atoms with van der Waals surface area (Å²) in [5.74, 6) is -4.11. The second kappa shape index (κ2) is 25.6. The monoisotopic (exact) mass is 1120 g/mol. The van der Waals surface area contributed by atoms with Crippen molar-refractivity contribution < 1.29 is 154 Å². The van der Waals surface area contributed by atoms with Crippen LogP contribution in [-0.2, 0) is 97.3 Å². The Hall–Kier alpha value is -2.18. The molecule has 4 heterocycles. The van der Waals surface area contributed by atoms with Crippen molar-refractivity contribution in [1.82, 2.24) is 9.44 Å². The molecule has 20 atom stereocenters. The Morgan fingerprint density at radius 2 is 0.887 bits per heavy atom. The summed E-state index contributed by atoms with van der Waals surface area (Å²) in [7, 11) is -21.7. The number of hydrogen-bond donors (Lipinski definition) is 15. The van der Waals surface area contributed by atoms with E-state index in [9.17, 15) is 107 Å². The number of ether oxygens (including phenoxy) is 8. The summed E-state index contributed by atoms with van der Waals surface area (Å²) in [5.41, 5.74) is 0. The molecule has 0 aliphatic carbocycles. The lowest BCUT2D eigenvalue weighted by Gasteiger charge is -2.49. The first-order valence-electron chi connectivity index (χ1n) is 20.9. The van der Waals surface area contributed by atoms with Crippen LogP contribution in [0.25, 0.3) is 0 Å². The van der Waals surface area contributed by atoms with E-state index in [0.717, 1.165) is 25.7 Å². The Kier molecular flexibility index (Phi) is 22.1. The van der Waals surface area contributed by atoms with Crippen LogP contribution in [0, 0.1) is 0 Å². The second-order valence-corrected chi connectivity index (χ2v) is 20.7. The quantitative estimate of drug-likeness (QED) is 0.0283. The van der Waals surface area contributed by atoms with E-state index in [0.29, 0.717) is 12.8 Å². The lowest BCUT2D eigenvalue weighted by Crippen LogP contribution is -2.70. The summed E-state index contributed by atoms with van der Waals surface area (Å²) in [6, 6.07) is -4.65. The molecule has 4 rings (SSSR count). The molecular weight excluding hydrogens is 1070 g/mol. The maximum Gasteiger partial charge on any atom is 0.397 e. The number of aliphatic hydroxyl groups is 7. The molecule has 0 amide bonds. The molecule has 0 radical (unpaired) electrons. The van der Waals surface area contributed by atoms with Gasteiger partial charge in [-0.05, 0) is 6.42 Å². The molecule has 0 aromatic carbocycles. The summed E-state index contributed by atoms with van der Waals surface area (Å²) in [6.45, 7) is -1.03. The summed E-state index contributed by atoms with van der Waals surface area (Å²) in [5, 5.41) is 96.1. The Balaban J connectivity index is 1.66. The maximum absolute atomic E-state index is 12.7. The maximum atomic E-state index is 12.7. The highest BCUT2D eigenvalue weighted by molar-refractivity contribution is 7.84. The summed E-state index contributed by atoms with van der Waals surface area (Å²) in [6.07, 6.45) is -39.4. The minimum atomic E-state index is -5.59. The molecule has 4 fully saturated rings. The number of aliphatic carboxylic acids is 2. The van der Waals surface area contributed by atoms with E-state index in [2.05, 4.69) is 8.37 Å². The predicted molar refractivity (Wildman–Crippen MR) is 218 cm³/mol. The van der Waals surface area contributed by atoms with Gasteiger partial charge < -0.3 is 83.9 Å². The lowest BCUT2D eigenvalue weighted by molar-refractivity contribution is -0.370. The summed E-state index contributed by atoms with van der Waals surface area (Å²) < 4.78 is 188. The molecule has 0 aromatic heterocycles. The fourth-order valence-corrected chi connectivity index (χ4v) is 9.42. The molecule has 4 aliphatic rings. The molecule has 4 aliphatic heterocycles. The van der Waals surface area contributed by atoms with E-state index in [1.807, 2.05) is 6.92 Å². The van der Waals surface area contributed by atoms with Crippen LogP contribution in [0.15, 0.2) is 0 Å². The highest BCUT2D eigenvalue weighted by Crippen LogP contribution is 2.35. The average molecular weight is 1130 g/mol. The van der Waals surface area contributed by atoms with Crippen molar-refractivity contribution in [3.05, 3.63) is 0 Å². The predicted octanol–water partition coefficient (Wildman–Crippen LogP) is -7.73. The van der Waals surface area contributed by atoms with E-state index >= 15 is 0 Å². The van der Waals surface area contributed by atoms with Gasteiger partial charge in [0, 0.05) is 6.61 Å². The normalized spacial score (nSPS) is 38.7. The van der Waals surface area contributed by atoms with Crippen molar-refractivity contribution >= 4 is 53.3 Å². The molecule has 15 N–H and O–H groups in total. The molecule has 4 saturated heterocycles. The molecule has 0 aromatic rings. The molecule has 0 spiro atoms. The van der Waals surface area contributed by atoms with E-state index in [-0.39, 0.29) is 6.61 Å². The molecule has 0 unspecified atom stereocenters. The Morgan fingerprint density at radius 3 is 1.34 bits per heavy atom. The van der Waals surface area contributed by atoms with Gasteiger partial charge in [0.25, 0.3) is 0 Å². The van der Waals surface area contributed by atoms with Crippen LogP contribution in [0.4, 0.5) is 0 Å². The molecule has 416 valence electrons. The number of carboxylic acid groups (broad SMARTS) is 2. The van der Waals surface area contributed by atoms with Crippen molar-refractivity contribution in [2.75, 3.05) is 19.8 Å². The SMILES string of the molecule is CCCCCCCCO[C@H]1O[C@H](COS(=O)(=O)O)[C@@H](O[C@@H]2O[C@H](C(=O)O)[C@@H](O[C@H]3O[C@H](COS(=O)(=O)O)[C@@H](O[C@@H]4O[C@H](C(=O)O)[C@@H](O)[C@H](O)[C@H]4O)[C@H](O)[C@H]3NS(=O)(=O)O)[C@H](O)[C@H]2O)[C@H](O)[C@H]1NS(=O)(=O)O. The highest BCUT2D eigenvalue weighted by atomic mass is 32.3. The smallest absolute Gasteiger partial charge is 0.397 e. The van der Waals surface area contributed by atoms with Gasteiger partial charge in [0.2, 0.25) is 0 Å². The number of carbonyl (C=O) groups is 2. The van der Waals surface area contributed by atoms with Crippen LogP contribution in [0.3, 0.4) is 0 Å². The number of unbranched alkanes of at least 4 members (excludes halogenated alkanes) is 5. The molecule has 35 nitrogen and oxygen atoms in total. The van der Waals surface area contributed by atoms with Crippen LogP contribution in [0.5, 0.6) is 0 Å². The zero-order valence-corrected chi connectivity index (χ0v) is 39.8. The number of aliphatic hydroxyl groups excluding tert-OH is 7. The molecular formula is C32H56N2O33S4. The first-order chi connectivity index (χ1) is 32.7. The van der Waals surface area contributed by atoms with Crippen LogP contribution in [-0.4, -0.2) is 252 Å². The van der Waals surface area contributed by atoms with Gasteiger partial charge in [0.1, 0.15) is 85.3 Å². The van der Waals surface area contributed by atoms with E-state index < -0.39 is 189 Å². The first kappa shape index (κ1) is 61.4. The third-order valence-corrected chi connectivity index (χ3v) is 12.9. The van der Waals surface area contributed by atoms with Gasteiger partial charge in [-0.1, -0.05) is 39.0 Å². The zero-order valence-electron chi connectivity index (χ0n) is 36.5. The molecule has 0 bridgehead atoms. The average Bonchev–Trinajstić information content (AvgIpc) is 3.24. The van der Waals surface area contributed by atoms with Crippen LogP contribution >= 0.6 is 0 Å². The van der Waals surface area contributed by atoms with Crippen molar-refractivity contribution in [3.8, 4) is 0 Å². The third kappa shape index (κ3) is 17.7. The van der Waals surface area contributed by atoms with Gasteiger partial charge in [-0.3, -0.25) is 18.2 Å². The minimum absolute atomic E-state index is 0.187. The molecule has 0 saturated carbocycles. The number of rotatable bonds is 26. The third-order valence-electron chi connectivity index (χ3n) is 10.9. The Morgan fingerprint density at radius 1 is 0.479 bits per heavy atom. The van der Waals surface area contributed by atoms with E-state index in [1.54, 1.807) is 4.72 Å². The molecule has 71 heavy (non-hydrogen) atoms. The molecule has 39 heteroatoms. The highest BCUT2D eigenvalue weighted by Gasteiger charge is 2.58. The van der Waals surface area contributed by atoms with Gasteiger partial charge >= 0.3 is 53.3 Å². The zero-order chi connectivity index (χ0) is 53.6. The Bertz CT molecular complexity index is 2200. The topological polar surface area (TPSA) is 550 Å². The van der Waals surface area contributed by atoms with Gasteiger partial charge in [0.15, 0.2) is 37.4 Å². The van der Waals surface area contributed by atoms with Gasteiger partial charge in [-0.25, -0.2) is 18.0 Å². The second-order valence-electron chi connectivity index (χ2n) is 16.1. The van der Waals surface area contributed by atoms with E-state index in [4.69, 9.17) is 37.9 Å². The lowest BCUT2D eigenvalue weighted by atomic mass is 9.94. The van der Waals surface area contributed by atoms with Gasteiger partial charge in [0.05, 0.1) is 13.2 Å². The number of carboxylic acids is 2. The fourth-order valence-electron chi connectivity index (χ4n) is 7.61. The van der Waals surface area contributed by atoms with Crippen molar-refractivity contribution in [2.24, 2.45) is 0 Å². The summed E-state index contributed by atoms with van der Waals surface area (Å²) in [4.78, 5) is 24.4. The summed E-state index contributed by atoms with van der Waals surface area (Å²) >= 11 is 0. The minimum Gasteiger partial charge on any atom is -0.479 e. The van der Waals surface area contributed by atoms with Crippen LogP contribution in [0.1, 0.15) is 45.4 Å². The van der Waals surface area contributed by atoms with Gasteiger partial charge in [-0.15, -0.1) is 0 Å². The van der Waals surface area contributed by atoms with Gasteiger partial charge in [-0.2, -0.15) is 43.1 Å². The number of hydrogen-bond acceptors (Lipinski definition) is 27. The largest absolute Gasteiger partial charge is 0.479 e. The van der Waals surface area contributed by atoms with Crippen molar-refractivity contribution in [1.29, 1.82) is 0 Å². The number of nitrogens with one attached hydrogen (secondary N) is 2.